The lowest BCUT2D eigenvalue weighted by Crippen LogP contribution is -2.00. The number of rotatable bonds is 6. The van der Waals surface area contributed by atoms with E-state index in [1.54, 1.807) is 66.7 Å². The average Bonchev–Trinajstić information content (AvgIpc) is 2.72. The molecule has 0 bridgehead atoms. The number of allylic oxidation sites excluding steroid dienone is 1. The standard InChI is InChI=1S/C23H16FNO3/c24-22-7-2-1-6-21(22)19(14-25)12-16-8-10-20(11-9-16)28-15-17-4-3-5-18(13-17)23(26)27/h1-13H,15H2,(H,26,27)/b19-12-. The van der Waals surface area contributed by atoms with Crippen molar-refractivity contribution in [3.63, 3.8) is 0 Å². The highest BCUT2D eigenvalue weighted by atomic mass is 19.1. The second-order valence-electron chi connectivity index (χ2n) is 6.01. The van der Waals surface area contributed by atoms with E-state index in [0.29, 0.717) is 5.75 Å². The Kier molecular flexibility index (Phi) is 5.83. The number of carbonyl (C=O) groups is 1. The summed E-state index contributed by atoms with van der Waals surface area (Å²) >= 11 is 0. The predicted octanol–water partition coefficient (Wildman–Crippen LogP) is 5.17. The zero-order valence-corrected chi connectivity index (χ0v) is 14.8. The van der Waals surface area contributed by atoms with E-state index < -0.39 is 11.8 Å². The molecule has 3 aromatic rings. The van der Waals surface area contributed by atoms with Gasteiger partial charge in [-0.15, -0.1) is 0 Å². The highest BCUT2D eigenvalue weighted by Gasteiger charge is 2.07. The minimum Gasteiger partial charge on any atom is -0.489 e. The van der Waals surface area contributed by atoms with E-state index in [2.05, 4.69) is 0 Å². The molecular weight excluding hydrogens is 357 g/mol. The highest BCUT2D eigenvalue weighted by Crippen LogP contribution is 2.22. The van der Waals surface area contributed by atoms with Gasteiger partial charge in [0.25, 0.3) is 0 Å². The van der Waals surface area contributed by atoms with Crippen LogP contribution in [0.1, 0.15) is 27.0 Å². The van der Waals surface area contributed by atoms with Crippen molar-refractivity contribution >= 4 is 17.6 Å². The fourth-order valence-corrected chi connectivity index (χ4v) is 2.64. The maximum Gasteiger partial charge on any atom is 0.335 e. The van der Waals surface area contributed by atoms with E-state index >= 15 is 0 Å². The van der Waals surface area contributed by atoms with Crippen molar-refractivity contribution in [3.05, 3.63) is 101 Å². The molecule has 138 valence electrons. The van der Waals surface area contributed by atoms with Crippen molar-refractivity contribution in [2.24, 2.45) is 0 Å². The molecule has 0 amide bonds. The number of ether oxygens (including phenoxy) is 1. The van der Waals surface area contributed by atoms with Crippen molar-refractivity contribution in [2.75, 3.05) is 0 Å². The van der Waals surface area contributed by atoms with Crippen LogP contribution in [-0.4, -0.2) is 11.1 Å². The predicted molar refractivity (Wildman–Crippen MR) is 104 cm³/mol. The number of halogens is 1. The van der Waals surface area contributed by atoms with Gasteiger partial charge >= 0.3 is 5.97 Å². The Bertz CT molecular complexity index is 1070. The van der Waals surface area contributed by atoms with Crippen molar-refractivity contribution in [1.29, 1.82) is 5.26 Å². The van der Waals surface area contributed by atoms with Gasteiger partial charge in [-0.05, 0) is 47.5 Å². The number of carboxylic acids is 1. The summed E-state index contributed by atoms with van der Waals surface area (Å²) in [4.78, 5) is 11.0. The number of hydrogen-bond acceptors (Lipinski definition) is 3. The van der Waals surface area contributed by atoms with Crippen LogP contribution in [0.15, 0.2) is 72.8 Å². The molecule has 0 atom stereocenters. The Morgan fingerprint density at radius 3 is 2.50 bits per heavy atom. The zero-order chi connectivity index (χ0) is 19.9. The van der Waals surface area contributed by atoms with E-state index in [4.69, 9.17) is 9.84 Å². The van der Waals surface area contributed by atoms with Gasteiger partial charge in [-0.25, -0.2) is 9.18 Å². The maximum absolute atomic E-state index is 13.9. The molecule has 0 unspecified atom stereocenters. The normalized spacial score (nSPS) is 10.9. The van der Waals surface area contributed by atoms with Crippen LogP contribution >= 0.6 is 0 Å². The first-order chi connectivity index (χ1) is 13.6. The Morgan fingerprint density at radius 1 is 1.07 bits per heavy atom. The van der Waals surface area contributed by atoms with Crippen LogP contribution in [0.2, 0.25) is 0 Å². The summed E-state index contributed by atoms with van der Waals surface area (Å²) in [6, 6.07) is 21.7. The summed E-state index contributed by atoms with van der Waals surface area (Å²) < 4.78 is 19.6. The summed E-state index contributed by atoms with van der Waals surface area (Å²) in [5, 5.41) is 18.4. The minimum absolute atomic E-state index is 0.207. The Morgan fingerprint density at radius 2 is 1.82 bits per heavy atom. The number of carboxylic acid groups (broad SMARTS) is 1. The summed E-state index contributed by atoms with van der Waals surface area (Å²) in [5.41, 5.74) is 2.18. The Hall–Kier alpha value is -3.91. The minimum atomic E-state index is -0.985. The summed E-state index contributed by atoms with van der Waals surface area (Å²) in [7, 11) is 0. The quantitative estimate of drug-likeness (QED) is 0.478. The highest BCUT2D eigenvalue weighted by molar-refractivity contribution is 5.89. The zero-order valence-electron chi connectivity index (χ0n) is 14.8. The molecule has 3 rings (SSSR count). The second kappa shape index (κ2) is 8.65. The molecule has 0 aliphatic heterocycles. The fraction of sp³-hybridized carbons (Fsp3) is 0.0435. The smallest absolute Gasteiger partial charge is 0.335 e. The lowest BCUT2D eigenvalue weighted by Gasteiger charge is -2.07. The van der Waals surface area contributed by atoms with E-state index in [1.807, 2.05) is 6.07 Å². The van der Waals surface area contributed by atoms with E-state index in [-0.39, 0.29) is 23.3 Å². The molecule has 0 heterocycles. The second-order valence-corrected chi connectivity index (χ2v) is 6.01. The number of hydrogen-bond donors (Lipinski definition) is 1. The molecule has 1 N–H and O–H groups in total. The third kappa shape index (κ3) is 4.63. The third-order valence-corrected chi connectivity index (χ3v) is 4.06. The average molecular weight is 373 g/mol. The third-order valence-electron chi connectivity index (χ3n) is 4.06. The maximum atomic E-state index is 13.9. The number of aromatic carboxylic acids is 1. The van der Waals surface area contributed by atoms with Gasteiger partial charge < -0.3 is 9.84 Å². The van der Waals surface area contributed by atoms with Crippen LogP contribution in [0.5, 0.6) is 5.75 Å². The van der Waals surface area contributed by atoms with Crippen LogP contribution in [0.3, 0.4) is 0 Å². The molecule has 3 aromatic carbocycles. The Balaban J connectivity index is 1.71. The van der Waals surface area contributed by atoms with Gasteiger partial charge in [-0.1, -0.05) is 42.5 Å². The van der Waals surface area contributed by atoms with Gasteiger partial charge in [0.1, 0.15) is 18.2 Å². The van der Waals surface area contributed by atoms with Gasteiger partial charge in [0.05, 0.1) is 17.2 Å². The first kappa shape index (κ1) is 18.9. The topological polar surface area (TPSA) is 70.3 Å². The summed E-state index contributed by atoms with van der Waals surface area (Å²) in [6.07, 6.45) is 1.61. The summed E-state index contributed by atoms with van der Waals surface area (Å²) in [5.74, 6) is -0.831. The molecule has 0 fully saturated rings. The van der Waals surface area contributed by atoms with Gasteiger partial charge in [-0.2, -0.15) is 5.26 Å². The molecule has 5 heteroatoms. The molecule has 28 heavy (non-hydrogen) atoms. The van der Waals surface area contributed by atoms with Crippen molar-refractivity contribution in [3.8, 4) is 11.8 Å². The van der Waals surface area contributed by atoms with Crippen LogP contribution in [0, 0.1) is 17.1 Å². The van der Waals surface area contributed by atoms with Crippen molar-refractivity contribution in [1.82, 2.24) is 0 Å². The fourth-order valence-electron chi connectivity index (χ4n) is 2.64. The SMILES string of the molecule is N#C/C(=C/c1ccc(OCc2cccc(C(=O)O)c2)cc1)c1ccccc1F. The molecule has 0 radical (unpaired) electrons. The number of nitrogens with zero attached hydrogens (tertiary/aromatic N) is 1. The van der Waals surface area contributed by atoms with Gasteiger partial charge in [0.15, 0.2) is 0 Å². The molecule has 0 aliphatic rings. The van der Waals surface area contributed by atoms with E-state index in [9.17, 15) is 14.4 Å². The molecule has 0 saturated carbocycles. The largest absolute Gasteiger partial charge is 0.489 e. The molecule has 0 spiro atoms. The van der Waals surface area contributed by atoms with E-state index in [1.165, 1.54) is 12.1 Å². The van der Waals surface area contributed by atoms with Crippen molar-refractivity contribution < 1.29 is 19.0 Å². The lowest BCUT2D eigenvalue weighted by atomic mass is 10.0. The first-order valence-corrected chi connectivity index (χ1v) is 8.48. The number of nitriles is 1. The van der Waals surface area contributed by atoms with Gasteiger partial charge in [0, 0.05) is 5.56 Å². The van der Waals surface area contributed by atoms with Gasteiger partial charge in [-0.3, -0.25) is 0 Å². The number of benzene rings is 3. The molecular formula is C23H16FNO3. The summed E-state index contributed by atoms with van der Waals surface area (Å²) in [6.45, 7) is 0.231. The molecule has 0 aliphatic carbocycles. The molecule has 0 aromatic heterocycles. The van der Waals surface area contributed by atoms with Gasteiger partial charge in [0.2, 0.25) is 0 Å². The monoisotopic (exact) mass is 373 g/mol. The van der Waals surface area contributed by atoms with Crippen LogP contribution in [0.25, 0.3) is 11.6 Å². The van der Waals surface area contributed by atoms with Crippen LogP contribution in [0.4, 0.5) is 4.39 Å². The first-order valence-electron chi connectivity index (χ1n) is 8.48. The van der Waals surface area contributed by atoms with Crippen LogP contribution < -0.4 is 4.74 Å². The molecule has 0 saturated heterocycles. The van der Waals surface area contributed by atoms with Crippen molar-refractivity contribution in [2.45, 2.75) is 6.61 Å². The Labute approximate surface area is 161 Å². The molecule has 4 nitrogen and oxygen atoms in total. The van der Waals surface area contributed by atoms with E-state index in [0.717, 1.165) is 11.1 Å². The van der Waals surface area contributed by atoms with Crippen LogP contribution in [-0.2, 0) is 6.61 Å². The lowest BCUT2D eigenvalue weighted by molar-refractivity contribution is 0.0696.